The molecule has 0 spiro atoms. The molecular weight excluding hydrogens is 280 g/mol. The normalized spacial score (nSPS) is 10.5. The number of aliphatic hydroxyl groups is 1. The fraction of sp³-hybridized carbons (Fsp3) is 0.375. The maximum absolute atomic E-state index is 11.0. The number of aromatic nitrogens is 2. The monoisotopic (exact) mass is 302 g/mol. The molecule has 1 heterocycles. The molecule has 6 nitrogen and oxygen atoms in total. The first-order valence-electron chi connectivity index (χ1n) is 7.26. The van der Waals surface area contributed by atoms with E-state index in [0.717, 1.165) is 28.3 Å². The van der Waals surface area contributed by atoms with E-state index in [-0.39, 0.29) is 12.5 Å². The number of aryl methyl sites for hydroxylation is 1. The van der Waals surface area contributed by atoms with Gasteiger partial charge in [-0.3, -0.25) is 4.79 Å². The largest absolute Gasteiger partial charge is 0.394 e. The highest BCUT2D eigenvalue weighted by Gasteiger charge is 2.10. The minimum atomic E-state index is -0.0788. The van der Waals surface area contributed by atoms with E-state index in [1.807, 2.05) is 38.1 Å². The Morgan fingerprint density at radius 1 is 1.27 bits per heavy atom. The van der Waals surface area contributed by atoms with Crippen molar-refractivity contribution in [1.82, 2.24) is 9.78 Å². The van der Waals surface area contributed by atoms with Gasteiger partial charge in [-0.15, -0.1) is 0 Å². The molecule has 0 saturated heterocycles. The summed E-state index contributed by atoms with van der Waals surface area (Å²) in [4.78, 5) is 11.0. The van der Waals surface area contributed by atoms with Crippen LogP contribution in [0.2, 0.25) is 0 Å². The van der Waals surface area contributed by atoms with E-state index in [0.29, 0.717) is 13.1 Å². The van der Waals surface area contributed by atoms with Gasteiger partial charge in [-0.25, -0.2) is 4.68 Å². The Morgan fingerprint density at radius 2 is 1.95 bits per heavy atom. The summed E-state index contributed by atoms with van der Waals surface area (Å²) in [5.74, 6) is 0.849. The van der Waals surface area contributed by atoms with Crippen molar-refractivity contribution >= 4 is 17.4 Å². The highest BCUT2D eigenvalue weighted by molar-refractivity contribution is 5.88. The average Bonchev–Trinajstić information content (AvgIpc) is 2.73. The summed E-state index contributed by atoms with van der Waals surface area (Å²) in [6.07, 6.45) is 0. The van der Waals surface area contributed by atoms with E-state index in [9.17, 15) is 4.79 Å². The number of carbonyl (C=O) groups is 1. The van der Waals surface area contributed by atoms with Gasteiger partial charge in [0.05, 0.1) is 18.8 Å². The Morgan fingerprint density at radius 3 is 2.55 bits per heavy atom. The number of hydrogen-bond donors (Lipinski definition) is 3. The third-order valence-electron chi connectivity index (χ3n) is 3.47. The molecule has 3 N–H and O–H groups in total. The summed E-state index contributed by atoms with van der Waals surface area (Å²) in [5.41, 5.74) is 3.93. The second kappa shape index (κ2) is 7.09. The average molecular weight is 302 g/mol. The minimum absolute atomic E-state index is 0.0562. The first kappa shape index (κ1) is 16.0. The first-order valence-corrected chi connectivity index (χ1v) is 7.26. The summed E-state index contributed by atoms with van der Waals surface area (Å²) in [7, 11) is 0. The Labute approximate surface area is 130 Å². The van der Waals surface area contributed by atoms with Gasteiger partial charge in [-0.2, -0.15) is 5.10 Å². The van der Waals surface area contributed by atoms with Crippen molar-refractivity contribution in [2.24, 2.45) is 0 Å². The number of hydrogen-bond acceptors (Lipinski definition) is 4. The van der Waals surface area contributed by atoms with Gasteiger partial charge in [-0.1, -0.05) is 12.1 Å². The van der Waals surface area contributed by atoms with Crippen molar-refractivity contribution in [3.05, 3.63) is 41.1 Å². The van der Waals surface area contributed by atoms with Gasteiger partial charge in [0.1, 0.15) is 5.82 Å². The molecular formula is C16H22N4O2. The van der Waals surface area contributed by atoms with Crippen LogP contribution < -0.4 is 10.6 Å². The quantitative estimate of drug-likeness (QED) is 0.763. The predicted molar refractivity (Wildman–Crippen MR) is 86.9 cm³/mol. The fourth-order valence-electron chi connectivity index (χ4n) is 2.25. The standard InChI is InChI=1S/C16H22N4O2/c1-11-12(2)19-20(8-9-21)16(11)17-10-14-4-6-15(7-5-14)18-13(3)22/h4-7,17,21H,8-10H2,1-3H3,(H,18,22). The van der Waals surface area contributed by atoms with Gasteiger partial charge in [0.25, 0.3) is 0 Å². The maximum atomic E-state index is 11.0. The Balaban J connectivity index is 2.05. The molecule has 1 amide bonds. The number of anilines is 2. The summed E-state index contributed by atoms with van der Waals surface area (Å²) >= 11 is 0. The minimum Gasteiger partial charge on any atom is -0.394 e. The van der Waals surface area contributed by atoms with Crippen LogP contribution in [0, 0.1) is 13.8 Å². The number of aliphatic hydroxyl groups excluding tert-OH is 1. The van der Waals surface area contributed by atoms with E-state index in [1.54, 1.807) is 4.68 Å². The summed E-state index contributed by atoms with van der Waals surface area (Å²) in [5, 5.41) is 19.6. The Hall–Kier alpha value is -2.34. The maximum Gasteiger partial charge on any atom is 0.221 e. The van der Waals surface area contributed by atoms with Crippen molar-refractivity contribution < 1.29 is 9.90 Å². The number of amides is 1. The number of benzene rings is 1. The molecule has 0 bridgehead atoms. The smallest absolute Gasteiger partial charge is 0.221 e. The number of nitrogens with one attached hydrogen (secondary N) is 2. The molecule has 0 aliphatic heterocycles. The lowest BCUT2D eigenvalue weighted by atomic mass is 10.2. The van der Waals surface area contributed by atoms with Crippen molar-refractivity contribution in [3.8, 4) is 0 Å². The van der Waals surface area contributed by atoms with Gasteiger partial charge >= 0.3 is 0 Å². The van der Waals surface area contributed by atoms with Crippen LogP contribution in [0.4, 0.5) is 11.5 Å². The van der Waals surface area contributed by atoms with Gasteiger partial charge < -0.3 is 15.7 Å². The lowest BCUT2D eigenvalue weighted by Crippen LogP contribution is -2.11. The van der Waals surface area contributed by atoms with Crippen LogP contribution in [0.5, 0.6) is 0 Å². The number of nitrogens with zero attached hydrogens (tertiary/aromatic N) is 2. The molecule has 118 valence electrons. The van der Waals surface area contributed by atoms with E-state index in [2.05, 4.69) is 15.7 Å². The molecule has 0 saturated carbocycles. The van der Waals surface area contributed by atoms with Gasteiger partial charge in [0.15, 0.2) is 0 Å². The van der Waals surface area contributed by atoms with Gasteiger partial charge in [0.2, 0.25) is 5.91 Å². The third-order valence-corrected chi connectivity index (χ3v) is 3.47. The van der Waals surface area contributed by atoms with Crippen LogP contribution in [-0.2, 0) is 17.9 Å². The molecule has 0 aliphatic carbocycles. The van der Waals surface area contributed by atoms with Crippen LogP contribution in [0.15, 0.2) is 24.3 Å². The van der Waals surface area contributed by atoms with Crippen molar-refractivity contribution in [3.63, 3.8) is 0 Å². The van der Waals surface area contributed by atoms with Gasteiger partial charge in [0, 0.05) is 24.7 Å². The molecule has 2 aromatic rings. The van der Waals surface area contributed by atoms with Crippen molar-refractivity contribution in [2.75, 3.05) is 17.2 Å². The lowest BCUT2D eigenvalue weighted by molar-refractivity contribution is -0.114. The summed E-state index contributed by atoms with van der Waals surface area (Å²) in [6.45, 7) is 6.63. The molecule has 22 heavy (non-hydrogen) atoms. The predicted octanol–water partition coefficient (Wildman–Crippen LogP) is 2.06. The Bertz CT molecular complexity index is 647. The zero-order valence-electron chi connectivity index (χ0n) is 13.2. The van der Waals surface area contributed by atoms with Crippen LogP contribution in [-0.4, -0.2) is 27.4 Å². The number of rotatable bonds is 6. The molecule has 0 aliphatic rings. The molecule has 1 aromatic carbocycles. The SMILES string of the molecule is CC(=O)Nc1ccc(CNc2c(C)c(C)nn2CCO)cc1. The van der Waals surface area contributed by atoms with Crippen molar-refractivity contribution in [2.45, 2.75) is 33.9 Å². The Kier molecular flexibility index (Phi) is 5.16. The second-order valence-electron chi connectivity index (χ2n) is 5.24. The van der Waals surface area contributed by atoms with Gasteiger partial charge in [-0.05, 0) is 31.5 Å². The molecule has 0 unspecified atom stereocenters. The molecule has 0 atom stereocenters. The zero-order valence-corrected chi connectivity index (χ0v) is 13.2. The second-order valence-corrected chi connectivity index (χ2v) is 5.24. The van der Waals surface area contributed by atoms with Crippen LogP contribution in [0.25, 0.3) is 0 Å². The van der Waals surface area contributed by atoms with Crippen molar-refractivity contribution in [1.29, 1.82) is 0 Å². The molecule has 1 aromatic heterocycles. The first-order chi connectivity index (χ1) is 10.5. The summed E-state index contributed by atoms with van der Waals surface area (Å²) < 4.78 is 1.79. The third kappa shape index (κ3) is 3.85. The lowest BCUT2D eigenvalue weighted by Gasteiger charge is -2.11. The molecule has 0 fully saturated rings. The van der Waals surface area contributed by atoms with E-state index in [4.69, 9.17) is 5.11 Å². The van der Waals surface area contributed by atoms with Crippen LogP contribution in [0.3, 0.4) is 0 Å². The molecule has 6 heteroatoms. The summed E-state index contributed by atoms with van der Waals surface area (Å²) in [6, 6.07) is 7.68. The van der Waals surface area contributed by atoms with E-state index in [1.165, 1.54) is 6.92 Å². The van der Waals surface area contributed by atoms with Crippen LogP contribution in [0.1, 0.15) is 23.7 Å². The fourth-order valence-corrected chi connectivity index (χ4v) is 2.25. The van der Waals surface area contributed by atoms with E-state index >= 15 is 0 Å². The molecule has 2 rings (SSSR count). The zero-order chi connectivity index (χ0) is 16.1. The highest BCUT2D eigenvalue weighted by atomic mass is 16.3. The van der Waals surface area contributed by atoms with E-state index < -0.39 is 0 Å². The number of carbonyl (C=O) groups excluding carboxylic acids is 1. The highest BCUT2D eigenvalue weighted by Crippen LogP contribution is 2.19. The molecule has 0 radical (unpaired) electrons. The van der Waals surface area contributed by atoms with Crippen LogP contribution >= 0.6 is 0 Å². The topological polar surface area (TPSA) is 79.2 Å².